The van der Waals surface area contributed by atoms with E-state index in [2.05, 4.69) is 20.5 Å². The van der Waals surface area contributed by atoms with Crippen LogP contribution in [0.3, 0.4) is 0 Å². The van der Waals surface area contributed by atoms with Crippen LogP contribution in [0, 0.1) is 0 Å². The van der Waals surface area contributed by atoms with Crippen molar-refractivity contribution in [2.45, 2.75) is 19.4 Å². The summed E-state index contributed by atoms with van der Waals surface area (Å²) in [5, 5.41) is 11.2. The number of hydrogen-bond acceptors (Lipinski definition) is 3. The summed E-state index contributed by atoms with van der Waals surface area (Å²) < 4.78 is 5.28. The zero-order valence-corrected chi connectivity index (χ0v) is 13.4. The molecule has 0 unspecified atom stereocenters. The fourth-order valence-electron chi connectivity index (χ4n) is 3.62. The highest BCUT2D eigenvalue weighted by Crippen LogP contribution is 2.37. The second-order valence-corrected chi connectivity index (χ2v) is 6.24. The molecule has 1 amide bonds. The summed E-state index contributed by atoms with van der Waals surface area (Å²) in [5.41, 5.74) is 6.11. The van der Waals surface area contributed by atoms with E-state index in [1.54, 1.807) is 6.26 Å². The van der Waals surface area contributed by atoms with Crippen LogP contribution in [0.5, 0.6) is 0 Å². The largest absolute Gasteiger partial charge is 0.467 e. The van der Waals surface area contributed by atoms with Crippen LogP contribution in [-0.2, 0) is 19.4 Å². The summed E-state index contributed by atoms with van der Waals surface area (Å²) in [6.07, 6.45) is 5.30. The van der Waals surface area contributed by atoms with Gasteiger partial charge in [0.05, 0.1) is 30.4 Å². The normalized spacial score (nSPS) is 12.8. The molecule has 6 nitrogen and oxygen atoms in total. The molecule has 3 aromatic heterocycles. The summed E-state index contributed by atoms with van der Waals surface area (Å²) in [6, 6.07) is 9.44. The predicted octanol–water partition coefficient (Wildman–Crippen LogP) is 3.18. The average molecular weight is 332 g/mol. The third-order valence-electron chi connectivity index (χ3n) is 4.79. The second-order valence-electron chi connectivity index (χ2n) is 6.24. The Hall–Kier alpha value is -3.28. The maximum atomic E-state index is 12.7. The summed E-state index contributed by atoms with van der Waals surface area (Å²) in [5.74, 6) is 0.637. The first-order valence-corrected chi connectivity index (χ1v) is 8.28. The minimum absolute atomic E-state index is 0.0980. The van der Waals surface area contributed by atoms with E-state index in [0.717, 1.165) is 40.9 Å². The van der Waals surface area contributed by atoms with Crippen molar-refractivity contribution in [2.24, 2.45) is 0 Å². The van der Waals surface area contributed by atoms with Crippen LogP contribution < -0.4 is 5.32 Å². The Labute approximate surface area is 143 Å². The first-order chi connectivity index (χ1) is 12.3. The predicted molar refractivity (Wildman–Crippen MR) is 93.2 cm³/mol. The van der Waals surface area contributed by atoms with E-state index < -0.39 is 0 Å². The number of aromatic amines is 2. The Balaban J connectivity index is 1.57. The summed E-state index contributed by atoms with van der Waals surface area (Å²) >= 11 is 0. The van der Waals surface area contributed by atoms with Gasteiger partial charge in [-0.3, -0.25) is 9.89 Å². The molecule has 0 fully saturated rings. The van der Waals surface area contributed by atoms with Gasteiger partial charge in [0.25, 0.3) is 5.91 Å². The number of aromatic nitrogens is 3. The maximum Gasteiger partial charge on any atom is 0.252 e. The molecule has 1 aliphatic carbocycles. The minimum Gasteiger partial charge on any atom is -0.467 e. The van der Waals surface area contributed by atoms with Crippen LogP contribution in [0.15, 0.2) is 47.2 Å². The molecule has 3 N–H and O–H groups in total. The SMILES string of the molecule is O=C(NCc1ccco1)c1cccc2[nH]c3c(c12)CCc1cn[nH]c1-3. The number of amides is 1. The standard InChI is InChI=1S/C19H16N4O2/c24-19(20-10-12-3-2-8-25-12)14-4-1-5-15-16(14)13-7-6-11-9-21-23-17(11)18(13)22-15/h1-5,8-9,22H,6-7,10H2,(H,20,24)(H,21,23). The number of aryl methyl sites for hydroxylation is 2. The van der Waals surface area contributed by atoms with E-state index in [9.17, 15) is 4.79 Å². The van der Waals surface area contributed by atoms with Crippen molar-refractivity contribution in [3.63, 3.8) is 0 Å². The first-order valence-electron chi connectivity index (χ1n) is 8.28. The Morgan fingerprint density at radius 2 is 2.16 bits per heavy atom. The third-order valence-corrected chi connectivity index (χ3v) is 4.79. The van der Waals surface area contributed by atoms with Crippen molar-refractivity contribution in [1.29, 1.82) is 0 Å². The summed E-state index contributed by atoms with van der Waals surface area (Å²) in [6.45, 7) is 0.375. The van der Waals surface area contributed by atoms with Crippen LogP contribution in [0.1, 0.15) is 27.2 Å². The number of H-pyrrole nitrogens is 2. The zero-order valence-electron chi connectivity index (χ0n) is 13.4. The molecule has 0 aliphatic heterocycles. The highest BCUT2D eigenvalue weighted by molar-refractivity contribution is 6.09. The van der Waals surface area contributed by atoms with Crippen molar-refractivity contribution in [2.75, 3.05) is 0 Å². The highest BCUT2D eigenvalue weighted by Gasteiger charge is 2.25. The quantitative estimate of drug-likeness (QED) is 0.538. The monoisotopic (exact) mass is 332 g/mol. The number of carbonyl (C=O) groups is 1. The molecule has 1 aromatic carbocycles. The fourth-order valence-corrected chi connectivity index (χ4v) is 3.62. The van der Waals surface area contributed by atoms with E-state index in [1.165, 1.54) is 11.1 Å². The Morgan fingerprint density at radius 1 is 1.20 bits per heavy atom. The first kappa shape index (κ1) is 14.1. The lowest BCUT2D eigenvalue weighted by atomic mass is 9.92. The summed E-state index contributed by atoms with van der Waals surface area (Å²) in [7, 11) is 0. The fraction of sp³-hybridized carbons (Fsp3) is 0.158. The van der Waals surface area contributed by atoms with Crippen LogP contribution in [0.25, 0.3) is 22.3 Å². The average Bonchev–Trinajstić information content (AvgIpc) is 3.36. The molecular weight excluding hydrogens is 316 g/mol. The van der Waals surface area contributed by atoms with Gasteiger partial charge in [0.2, 0.25) is 0 Å². The number of benzene rings is 1. The molecule has 1 aliphatic rings. The molecule has 0 spiro atoms. The lowest BCUT2D eigenvalue weighted by molar-refractivity contribution is 0.0949. The highest BCUT2D eigenvalue weighted by atomic mass is 16.3. The zero-order chi connectivity index (χ0) is 16.8. The van der Waals surface area contributed by atoms with Gasteiger partial charge >= 0.3 is 0 Å². The molecule has 0 saturated heterocycles. The molecule has 0 atom stereocenters. The van der Waals surface area contributed by atoms with E-state index in [0.29, 0.717) is 12.1 Å². The minimum atomic E-state index is -0.0980. The van der Waals surface area contributed by atoms with Gasteiger partial charge in [-0.15, -0.1) is 0 Å². The van der Waals surface area contributed by atoms with Gasteiger partial charge in [0, 0.05) is 16.5 Å². The molecule has 3 heterocycles. The number of hydrogen-bond donors (Lipinski definition) is 3. The Morgan fingerprint density at radius 3 is 3.04 bits per heavy atom. The Bertz CT molecular complexity index is 1070. The number of rotatable bonds is 3. The van der Waals surface area contributed by atoms with Gasteiger partial charge in [-0.2, -0.15) is 5.10 Å². The van der Waals surface area contributed by atoms with Crippen LogP contribution in [0.4, 0.5) is 0 Å². The van der Waals surface area contributed by atoms with Crippen molar-refractivity contribution in [3.05, 3.63) is 65.2 Å². The lowest BCUT2D eigenvalue weighted by Crippen LogP contribution is -2.22. The summed E-state index contributed by atoms with van der Waals surface area (Å²) in [4.78, 5) is 16.2. The van der Waals surface area contributed by atoms with Crippen molar-refractivity contribution in [1.82, 2.24) is 20.5 Å². The lowest BCUT2D eigenvalue weighted by Gasteiger charge is -2.12. The smallest absolute Gasteiger partial charge is 0.252 e. The van der Waals surface area contributed by atoms with Crippen molar-refractivity contribution in [3.8, 4) is 11.4 Å². The topological polar surface area (TPSA) is 86.7 Å². The molecule has 0 radical (unpaired) electrons. The molecule has 4 aromatic rings. The van der Waals surface area contributed by atoms with E-state index in [1.807, 2.05) is 36.5 Å². The second kappa shape index (κ2) is 5.37. The number of fused-ring (bicyclic) bond motifs is 5. The Kier molecular flexibility index (Phi) is 3.03. The van der Waals surface area contributed by atoms with Crippen LogP contribution >= 0.6 is 0 Å². The van der Waals surface area contributed by atoms with E-state index in [4.69, 9.17) is 4.42 Å². The maximum absolute atomic E-state index is 12.7. The van der Waals surface area contributed by atoms with E-state index in [-0.39, 0.29) is 5.91 Å². The van der Waals surface area contributed by atoms with Crippen molar-refractivity contribution < 1.29 is 9.21 Å². The van der Waals surface area contributed by atoms with Crippen LogP contribution in [-0.4, -0.2) is 21.1 Å². The van der Waals surface area contributed by atoms with Gasteiger partial charge in [-0.25, -0.2) is 0 Å². The molecule has 25 heavy (non-hydrogen) atoms. The van der Waals surface area contributed by atoms with E-state index >= 15 is 0 Å². The van der Waals surface area contributed by atoms with Gasteiger partial charge in [0.1, 0.15) is 5.76 Å². The molecule has 5 rings (SSSR count). The molecule has 6 heteroatoms. The molecule has 0 saturated carbocycles. The van der Waals surface area contributed by atoms with Crippen LogP contribution in [0.2, 0.25) is 0 Å². The van der Waals surface area contributed by atoms with Gasteiger partial charge in [-0.1, -0.05) is 6.07 Å². The van der Waals surface area contributed by atoms with Crippen molar-refractivity contribution >= 4 is 16.8 Å². The molecular formula is C19H16N4O2. The number of nitrogens with one attached hydrogen (secondary N) is 3. The number of carbonyl (C=O) groups excluding carboxylic acids is 1. The van der Waals surface area contributed by atoms with Gasteiger partial charge < -0.3 is 14.7 Å². The third kappa shape index (κ3) is 2.18. The van der Waals surface area contributed by atoms with Gasteiger partial charge in [-0.05, 0) is 48.2 Å². The molecule has 0 bridgehead atoms. The number of nitrogens with zero attached hydrogens (tertiary/aromatic N) is 1. The number of furan rings is 1. The van der Waals surface area contributed by atoms with Gasteiger partial charge in [0.15, 0.2) is 0 Å². The molecule has 124 valence electrons.